The first-order valence-corrected chi connectivity index (χ1v) is 12.9. The summed E-state index contributed by atoms with van der Waals surface area (Å²) in [6.45, 7) is 4.96. The minimum Gasteiger partial charge on any atom is -0.322 e. The number of aromatic nitrogens is 3. The molecule has 145 valence electrons. The molecule has 0 aliphatic rings. The first-order chi connectivity index (χ1) is 11.5. The Labute approximate surface area is 182 Å². The zero-order valence-electron chi connectivity index (χ0n) is 13.4. The average molecular weight is 510 g/mol. The molecule has 0 amide bonds. The van der Waals surface area contributed by atoms with Crippen LogP contribution in [0.15, 0.2) is 35.5 Å². The van der Waals surface area contributed by atoms with E-state index in [9.17, 15) is 0 Å². The van der Waals surface area contributed by atoms with Gasteiger partial charge in [-0.2, -0.15) is 15.4 Å². The van der Waals surface area contributed by atoms with Gasteiger partial charge in [-0.05, 0) is 43.9 Å². The van der Waals surface area contributed by atoms with E-state index in [1.54, 1.807) is 36.3 Å². The van der Waals surface area contributed by atoms with Crippen LogP contribution in [0.25, 0.3) is 0 Å². The summed E-state index contributed by atoms with van der Waals surface area (Å²) in [6.07, 6.45) is 3.17. The number of nitrogens with zero attached hydrogens (tertiary/aromatic N) is 2. The Balaban J connectivity index is 0.000000820. The molecule has 1 radical (unpaired) electrons. The summed E-state index contributed by atoms with van der Waals surface area (Å²) in [5.74, 6) is 0. The molecule has 0 unspecified atom stereocenters. The monoisotopic (exact) mass is 508 g/mol. The summed E-state index contributed by atoms with van der Waals surface area (Å²) in [4.78, 5) is 0.941. The second-order valence-corrected chi connectivity index (χ2v) is 12.4. The van der Waals surface area contributed by atoms with E-state index in [4.69, 9.17) is 44.1 Å². The fourth-order valence-electron chi connectivity index (χ4n) is 1.34. The number of rotatable bonds is 8. The molecule has 2 aromatic rings. The molecule has 0 saturated heterocycles. The maximum Gasteiger partial charge on any atom is 0.248 e. The van der Waals surface area contributed by atoms with Gasteiger partial charge in [-0.25, -0.2) is 0 Å². The molecule has 0 bridgehead atoms. The molecule has 0 spiro atoms. The Bertz CT molecular complexity index is 614. The fourth-order valence-corrected chi connectivity index (χ4v) is 8.87. The first-order valence-electron chi connectivity index (χ1n) is 6.92. The van der Waals surface area contributed by atoms with Crippen molar-refractivity contribution in [3.05, 3.63) is 40.6 Å². The third-order valence-corrected chi connectivity index (χ3v) is 10.0. The molecule has 0 atom stereocenters. The van der Waals surface area contributed by atoms with Gasteiger partial charge >= 0.3 is 0 Å². The summed E-state index contributed by atoms with van der Waals surface area (Å²) >= 11 is 20.6. The minimum atomic E-state index is -2.23. The van der Waals surface area contributed by atoms with Crippen molar-refractivity contribution in [2.45, 2.75) is 18.7 Å². The van der Waals surface area contributed by atoms with Gasteiger partial charge < -0.3 is 9.05 Å². The van der Waals surface area contributed by atoms with E-state index in [0.29, 0.717) is 23.3 Å². The molecule has 1 N–H and O–H groups in total. The topological polar surface area (TPSA) is 60.0 Å². The van der Waals surface area contributed by atoms with Gasteiger partial charge in [-0.1, -0.05) is 34.6 Å². The van der Waals surface area contributed by atoms with Crippen LogP contribution >= 0.6 is 52.0 Å². The number of H-pyrrole nitrogens is 1. The quantitative estimate of drug-likeness (QED) is 0.206. The van der Waals surface area contributed by atoms with Crippen molar-refractivity contribution in [3.8, 4) is 0 Å². The first kappa shape index (κ1) is 25.7. The van der Waals surface area contributed by atoms with Crippen LogP contribution in [0.1, 0.15) is 13.8 Å². The molecule has 1 heterocycles. The van der Waals surface area contributed by atoms with E-state index in [0.717, 1.165) is 9.98 Å². The summed E-state index contributed by atoms with van der Waals surface area (Å²) in [7, 11) is 0. The van der Waals surface area contributed by atoms with Gasteiger partial charge in [0.2, 0.25) is 5.69 Å². The molecule has 5 nitrogen and oxygen atoms in total. The largest absolute Gasteiger partial charge is 0.322 e. The van der Waals surface area contributed by atoms with Crippen molar-refractivity contribution in [1.29, 1.82) is 0 Å². The van der Waals surface area contributed by atoms with Crippen molar-refractivity contribution in [2.75, 3.05) is 18.3 Å². The molecule has 0 aliphatic carbocycles. The van der Waals surface area contributed by atoms with Gasteiger partial charge in [0, 0.05) is 27.0 Å². The molecule has 0 saturated carbocycles. The zero-order valence-corrected chi connectivity index (χ0v) is 19.2. The van der Waals surface area contributed by atoms with Crippen LogP contribution in [-0.2, 0) is 37.9 Å². The molecular weight excluding hydrogens is 492 g/mol. The molecule has 2 rings (SSSR count). The van der Waals surface area contributed by atoms with Crippen molar-refractivity contribution in [3.63, 3.8) is 0 Å². The number of aromatic amines is 1. The minimum absolute atomic E-state index is 0. The Hall–Kier alpha value is 0.729. The Kier molecular flexibility index (Phi) is 15.2. The number of hydrogen-bond donors (Lipinski definition) is 1. The van der Waals surface area contributed by atoms with Crippen LogP contribution in [-0.4, -0.2) is 33.7 Å². The predicted molar refractivity (Wildman–Crippen MR) is 109 cm³/mol. The predicted octanol–water partition coefficient (Wildman–Crippen LogP) is 5.88. The molecule has 1 aromatic heterocycles. The van der Waals surface area contributed by atoms with Gasteiger partial charge in [0.25, 0.3) is 0 Å². The van der Waals surface area contributed by atoms with E-state index in [1.165, 1.54) is 11.4 Å². The molecule has 12 heteroatoms. The third-order valence-electron chi connectivity index (χ3n) is 2.22. The fraction of sp³-hybridized carbons (Fsp3) is 0.385. The molecule has 1 aromatic carbocycles. The SMILES string of the molecule is CCOP(=S)(OCC)SCSc1cc(Cl)ccc1Cl.[Cu].c1cn[nH]n1. The van der Waals surface area contributed by atoms with Crippen molar-refractivity contribution in [2.24, 2.45) is 0 Å². The van der Waals surface area contributed by atoms with Gasteiger partial charge in [0.05, 0.1) is 35.7 Å². The van der Waals surface area contributed by atoms with Gasteiger partial charge in [-0.3, -0.25) is 0 Å². The Morgan fingerprint density at radius 1 is 1.16 bits per heavy atom. The van der Waals surface area contributed by atoms with E-state index in [-0.39, 0.29) is 17.1 Å². The normalized spacial score (nSPS) is 10.6. The Morgan fingerprint density at radius 2 is 1.76 bits per heavy atom. The van der Waals surface area contributed by atoms with E-state index < -0.39 is 5.69 Å². The van der Waals surface area contributed by atoms with E-state index in [2.05, 4.69) is 15.4 Å². The standard InChI is InChI=1S/C11H15Cl2O2PS3.C2H3N3.Cu/c1-3-14-16(17,15-4-2)19-8-18-11-7-9(12)5-6-10(11)13;1-2-4-5-3-1;/h5-7H,3-4,8H2,1-2H3;1-2H,(H,3,4,5);. The van der Waals surface area contributed by atoms with Crippen LogP contribution in [0, 0.1) is 0 Å². The van der Waals surface area contributed by atoms with Gasteiger partial charge in [-0.15, -0.1) is 11.8 Å². The Morgan fingerprint density at radius 3 is 2.24 bits per heavy atom. The number of halogens is 2. The van der Waals surface area contributed by atoms with Crippen molar-refractivity contribution >= 4 is 63.8 Å². The number of nitrogens with one attached hydrogen (secondary N) is 1. The number of benzene rings is 1. The second kappa shape index (κ2) is 14.7. The van der Waals surface area contributed by atoms with Gasteiger partial charge in [0.15, 0.2) is 0 Å². The van der Waals surface area contributed by atoms with Gasteiger partial charge in [0.1, 0.15) is 0 Å². The average Bonchev–Trinajstić information content (AvgIpc) is 3.11. The van der Waals surface area contributed by atoms with E-state index >= 15 is 0 Å². The summed E-state index contributed by atoms with van der Waals surface area (Å²) < 4.78 is 11.1. The summed E-state index contributed by atoms with van der Waals surface area (Å²) in [6, 6.07) is 5.41. The van der Waals surface area contributed by atoms with E-state index in [1.807, 2.05) is 19.9 Å². The number of hydrogen-bond acceptors (Lipinski definition) is 7. The van der Waals surface area contributed by atoms with Crippen LogP contribution in [0.2, 0.25) is 10.0 Å². The maximum atomic E-state index is 6.10. The third kappa shape index (κ3) is 11.2. The summed E-state index contributed by atoms with van der Waals surface area (Å²) in [5.41, 5.74) is -2.23. The smallest absolute Gasteiger partial charge is 0.248 e. The molecule has 25 heavy (non-hydrogen) atoms. The van der Waals surface area contributed by atoms with Crippen LogP contribution in [0.3, 0.4) is 0 Å². The molecule has 0 aliphatic heterocycles. The van der Waals surface area contributed by atoms with Crippen molar-refractivity contribution in [1.82, 2.24) is 15.4 Å². The number of thioether (sulfide) groups is 1. The van der Waals surface area contributed by atoms with Crippen LogP contribution < -0.4 is 0 Å². The molecular formula is C13H18Cl2CuN3O2PS3. The second-order valence-electron chi connectivity index (χ2n) is 3.91. The summed E-state index contributed by atoms with van der Waals surface area (Å²) in [5, 5.41) is 11.4. The van der Waals surface area contributed by atoms with Crippen LogP contribution in [0.5, 0.6) is 0 Å². The maximum absolute atomic E-state index is 6.10. The van der Waals surface area contributed by atoms with Crippen LogP contribution in [0.4, 0.5) is 0 Å². The van der Waals surface area contributed by atoms with Crippen molar-refractivity contribution < 1.29 is 26.1 Å². The zero-order chi connectivity index (χ0) is 17.8. The molecule has 0 fully saturated rings.